The van der Waals surface area contributed by atoms with Crippen LogP contribution in [0.2, 0.25) is 0 Å². The summed E-state index contributed by atoms with van der Waals surface area (Å²) in [4.78, 5) is 19.2. The minimum Gasteiger partial charge on any atom is -0.338 e. The van der Waals surface area contributed by atoms with E-state index in [9.17, 15) is 4.79 Å². The fraction of sp³-hybridized carbons (Fsp3) is 0.0556. The fourth-order valence-corrected chi connectivity index (χ4v) is 2.63. The van der Waals surface area contributed by atoms with Gasteiger partial charge in [-0.15, -0.1) is 0 Å². The Labute approximate surface area is 137 Å². The van der Waals surface area contributed by atoms with Crippen molar-refractivity contribution in [3.8, 4) is 0 Å². The van der Waals surface area contributed by atoms with E-state index in [1.165, 1.54) is 6.33 Å². The van der Waals surface area contributed by atoms with Crippen LogP contribution in [0.25, 0.3) is 11.0 Å². The molecule has 0 aliphatic heterocycles. The molecule has 4 rings (SSSR count). The van der Waals surface area contributed by atoms with Crippen LogP contribution in [0.1, 0.15) is 5.56 Å². The number of H-pyrrole nitrogens is 1. The molecule has 0 bridgehead atoms. The molecule has 6 nitrogen and oxygen atoms in total. The largest absolute Gasteiger partial charge is 0.338 e. The summed E-state index contributed by atoms with van der Waals surface area (Å²) in [5, 5.41) is 8.22. The summed E-state index contributed by atoms with van der Waals surface area (Å²) >= 11 is 0. The summed E-state index contributed by atoms with van der Waals surface area (Å²) in [7, 11) is 0. The normalized spacial score (nSPS) is 10.8. The SMILES string of the molecule is O=c1[nH]cnc2c1c(Nc1ccccc1)nn2Cc1ccccc1. The van der Waals surface area contributed by atoms with Gasteiger partial charge in [0.15, 0.2) is 11.5 Å². The molecule has 0 saturated heterocycles. The van der Waals surface area contributed by atoms with Crippen molar-refractivity contribution in [2.75, 3.05) is 5.32 Å². The van der Waals surface area contributed by atoms with Gasteiger partial charge >= 0.3 is 0 Å². The van der Waals surface area contributed by atoms with Crippen molar-refractivity contribution in [2.24, 2.45) is 0 Å². The molecule has 2 heterocycles. The maximum absolute atomic E-state index is 12.3. The summed E-state index contributed by atoms with van der Waals surface area (Å²) in [5.41, 5.74) is 2.31. The van der Waals surface area contributed by atoms with Crippen molar-refractivity contribution in [3.05, 3.63) is 82.9 Å². The number of rotatable bonds is 4. The van der Waals surface area contributed by atoms with Gasteiger partial charge in [0.05, 0.1) is 12.9 Å². The Bertz CT molecular complexity index is 1020. The number of para-hydroxylation sites is 1. The zero-order valence-electron chi connectivity index (χ0n) is 12.8. The van der Waals surface area contributed by atoms with Gasteiger partial charge in [-0.2, -0.15) is 5.10 Å². The van der Waals surface area contributed by atoms with Crippen LogP contribution in [0, 0.1) is 0 Å². The van der Waals surface area contributed by atoms with Crippen LogP contribution in [-0.4, -0.2) is 19.7 Å². The summed E-state index contributed by atoms with van der Waals surface area (Å²) in [6, 6.07) is 19.6. The van der Waals surface area contributed by atoms with E-state index in [-0.39, 0.29) is 5.56 Å². The number of benzene rings is 2. The van der Waals surface area contributed by atoms with Crippen LogP contribution >= 0.6 is 0 Å². The van der Waals surface area contributed by atoms with Crippen molar-refractivity contribution in [2.45, 2.75) is 6.54 Å². The summed E-state index contributed by atoms with van der Waals surface area (Å²) < 4.78 is 1.74. The first-order valence-corrected chi connectivity index (χ1v) is 7.61. The quantitative estimate of drug-likeness (QED) is 0.607. The highest BCUT2D eigenvalue weighted by Gasteiger charge is 2.15. The van der Waals surface area contributed by atoms with Crippen molar-refractivity contribution in [3.63, 3.8) is 0 Å². The molecule has 0 amide bonds. The van der Waals surface area contributed by atoms with Crippen LogP contribution in [0.15, 0.2) is 71.8 Å². The van der Waals surface area contributed by atoms with Gasteiger partial charge in [0.2, 0.25) is 0 Å². The van der Waals surface area contributed by atoms with Gasteiger partial charge in [0, 0.05) is 5.69 Å². The van der Waals surface area contributed by atoms with E-state index in [0.29, 0.717) is 23.4 Å². The molecule has 118 valence electrons. The molecule has 0 aliphatic rings. The number of aromatic amines is 1. The first kappa shape index (κ1) is 14.2. The minimum atomic E-state index is -0.210. The predicted molar refractivity (Wildman–Crippen MR) is 93.4 cm³/mol. The van der Waals surface area contributed by atoms with Gasteiger partial charge in [-0.3, -0.25) is 4.79 Å². The second kappa shape index (κ2) is 6.00. The third kappa shape index (κ3) is 2.65. The van der Waals surface area contributed by atoms with E-state index in [1.54, 1.807) is 4.68 Å². The number of aromatic nitrogens is 4. The molecule has 0 fully saturated rings. The van der Waals surface area contributed by atoms with Gasteiger partial charge in [0.1, 0.15) is 5.39 Å². The number of fused-ring (bicyclic) bond motifs is 1. The number of hydrogen-bond donors (Lipinski definition) is 2. The number of nitrogens with zero attached hydrogens (tertiary/aromatic N) is 3. The lowest BCUT2D eigenvalue weighted by atomic mass is 10.2. The van der Waals surface area contributed by atoms with Crippen LogP contribution < -0.4 is 10.9 Å². The second-order valence-electron chi connectivity index (χ2n) is 5.41. The lowest BCUT2D eigenvalue weighted by Gasteiger charge is -2.03. The first-order chi connectivity index (χ1) is 11.8. The van der Waals surface area contributed by atoms with E-state index in [2.05, 4.69) is 20.4 Å². The van der Waals surface area contributed by atoms with Crippen LogP contribution in [0.3, 0.4) is 0 Å². The maximum Gasteiger partial charge on any atom is 0.264 e. The van der Waals surface area contributed by atoms with Crippen molar-refractivity contribution < 1.29 is 0 Å². The standard InChI is InChI=1S/C18H15N5O/c24-18-15-16(21-14-9-5-2-6-10-14)22-23(17(15)19-12-20-18)11-13-7-3-1-4-8-13/h1-10,12H,11H2,(H,21,22)(H,19,20,24). The Hall–Kier alpha value is -3.41. The molecule has 0 atom stereocenters. The van der Waals surface area contributed by atoms with Gasteiger partial charge in [0.25, 0.3) is 5.56 Å². The Morgan fingerprint density at radius 1 is 1.00 bits per heavy atom. The first-order valence-electron chi connectivity index (χ1n) is 7.61. The van der Waals surface area contributed by atoms with E-state index in [0.717, 1.165) is 11.3 Å². The zero-order valence-corrected chi connectivity index (χ0v) is 12.8. The van der Waals surface area contributed by atoms with Crippen LogP contribution in [0.5, 0.6) is 0 Å². The van der Waals surface area contributed by atoms with Crippen molar-refractivity contribution in [1.82, 2.24) is 19.7 Å². The molecule has 4 aromatic rings. The monoisotopic (exact) mass is 317 g/mol. The smallest absolute Gasteiger partial charge is 0.264 e. The molecule has 2 aromatic carbocycles. The predicted octanol–water partition coefficient (Wildman–Crippen LogP) is 2.91. The molecule has 2 N–H and O–H groups in total. The second-order valence-corrected chi connectivity index (χ2v) is 5.41. The minimum absolute atomic E-state index is 0.210. The third-order valence-electron chi connectivity index (χ3n) is 3.75. The topological polar surface area (TPSA) is 75.6 Å². The number of anilines is 2. The summed E-state index contributed by atoms with van der Waals surface area (Å²) in [6.07, 6.45) is 1.40. The van der Waals surface area contributed by atoms with E-state index >= 15 is 0 Å². The lowest BCUT2D eigenvalue weighted by molar-refractivity contribution is 0.706. The van der Waals surface area contributed by atoms with Crippen LogP contribution in [0.4, 0.5) is 11.5 Å². The molecule has 0 aliphatic carbocycles. The van der Waals surface area contributed by atoms with Crippen molar-refractivity contribution >= 4 is 22.5 Å². The van der Waals surface area contributed by atoms with E-state index in [4.69, 9.17) is 0 Å². The zero-order chi connectivity index (χ0) is 16.4. The highest BCUT2D eigenvalue weighted by Crippen LogP contribution is 2.22. The maximum atomic E-state index is 12.3. The van der Waals surface area contributed by atoms with E-state index in [1.807, 2.05) is 60.7 Å². The number of nitrogens with one attached hydrogen (secondary N) is 2. The van der Waals surface area contributed by atoms with E-state index < -0.39 is 0 Å². The van der Waals surface area contributed by atoms with Gasteiger partial charge in [-0.25, -0.2) is 9.67 Å². The molecule has 2 aromatic heterocycles. The van der Waals surface area contributed by atoms with Gasteiger partial charge < -0.3 is 10.3 Å². The van der Waals surface area contributed by atoms with Gasteiger partial charge in [-0.1, -0.05) is 48.5 Å². The molecule has 24 heavy (non-hydrogen) atoms. The average molecular weight is 317 g/mol. The molecule has 0 saturated carbocycles. The molecule has 0 unspecified atom stereocenters. The Balaban J connectivity index is 1.81. The average Bonchev–Trinajstić information content (AvgIpc) is 2.95. The van der Waals surface area contributed by atoms with Gasteiger partial charge in [-0.05, 0) is 17.7 Å². The van der Waals surface area contributed by atoms with Crippen molar-refractivity contribution in [1.29, 1.82) is 0 Å². The molecular formula is C18H15N5O. The van der Waals surface area contributed by atoms with Crippen LogP contribution in [-0.2, 0) is 6.54 Å². The number of hydrogen-bond acceptors (Lipinski definition) is 4. The fourth-order valence-electron chi connectivity index (χ4n) is 2.63. The highest BCUT2D eigenvalue weighted by molar-refractivity contribution is 5.88. The molecular weight excluding hydrogens is 302 g/mol. The Kier molecular flexibility index (Phi) is 3.55. The highest BCUT2D eigenvalue weighted by atomic mass is 16.1. The Morgan fingerprint density at radius 2 is 1.71 bits per heavy atom. The summed E-state index contributed by atoms with van der Waals surface area (Å²) in [5.74, 6) is 0.501. The molecule has 6 heteroatoms. The lowest BCUT2D eigenvalue weighted by Crippen LogP contribution is -2.08. The molecule has 0 spiro atoms. The third-order valence-corrected chi connectivity index (χ3v) is 3.75. The summed E-state index contributed by atoms with van der Waals surface area (Å²) in [6.45, 7) is 0.546. The molecule has 0 radical (unpaired) electrons. The Morgan fingerprint density at radius 3 is 2.46 bits per heavy atom.